The van der Waals surface area contributed by atoms with Gasteiger partial charge in [0, 0.05) is 5.56 Å². The standard InChI is InChI=1S/C23H21N9O2/c1-23(2,21(33)34)29-20-8-4-7-16(26-20)12-32-13-19(30-31-32)18-10-17(27-22(25)28-18)15-6-3-5-14(9-15)11-24/h3-10,13H,12H2,1-2H3,(H,26,29)(H,33,34)(H2,25,27,28). The maximum atomic E-state index is 11.4. The number of rotatable bonds is 7. The van der Waals surface area contributed by atoms with E-state index in [1.807, 2.05) is 12.1 Å². The number of hydrogen-bond donors (Lipinski definition) is 3. The van der Waals surface area contributed by atoms with Gasteiger partial charge in [-0.15, -0.1) is 5.10 Å². The smallest absolute Gasteiger partial charge is 0.328 e. The summed E-state index contributed by atoms with van der Waals surface area (Å²) in [5, 5.41) is 29.7. The zero-order valence-electron chi connectivity index (χ0n) is 18.5. The number of benzene rings is 1. The van der Waals surface area contributed by atoms with Gasteiger partial charge >= 0.3 is 5.97 Å². The van der Waals surface area contributed by atoms with Gasteiger partial charge in [-0.2, -0.15) is 5.26 Å². The maximum Gasteiger partial charge on any atom is 0.328 e. The fourth-order valence-corrected chi connectivity index (χ4v) is 3.16. The van der Waals surface area contributed by atoms with Gasteiger partial charge in [0.2, 0.25) is 5.95 Å². The number of pyridine rings is 1. The number of carboxylic acids is 1. The van der Waals surface area contributed by atoms with Crippen LogP contribution >= 0.6 is 0 Å². The van der Waals surface area contributed by atoms with E-state index in [9.17, 15) is 9.90 Å². The average Bonchev–Trinajstić information content (AvgIpc) is 3.27. The third-order valence-electron chi connectivity index (χ3n) is 4.94. The van der Waals surface area contributed by atoms with Crippen molar-refractivity contribution in [1.82, 2.24) is 29.9 Å². The van der Waals surface area contributed by atoms with Crippen LogP contribution in [0.15, 0.2) is 54.7 Å². The molecule has 11 heteroatoms. The summed E-state index contributed by atoms with van der Waals surface area (Å²) in [5.74, 6) is -0.465. The lowest BCUT2D eigenvalue weighted by atomic mass is 10.1. The second-order valence-electron chi connectivity index (χ2n) is 8.06. The van der Waals surface area contributed by atoms with Gasteiger partial charge in [0.25, 0.3) is 0 Å². The molecule has 1 aromatic carbocycles. The molecule has 0 bridgehead atoms. The predicted octanol–water partition coefficient (Wildman–Crippen LogP) is 2.57. The molecule has 0 fully saturated rings. The maximum absolute atomic E-state index is 11.4. The number of nitrogens with zero attached hydrogens (tertiary/aromatic N) is 7. The molecule has 11 nitrogen and oxygen atoms in total. The van der Waals surface area contributed by atoms with Crippen LogP contribution in [0, 0.1) is 11.3 Å². The number of carboxylic acid groups (broad SMARTS) is 1. The van der Waals surface area contributed by atoms with E-state index in [4.69, 9.17) is 11.0 Å². The zero-order chi connectivity index (χ0) is 24.3. The van der Waals surface area contributed by atoms with Gasteiger partial charge in [0.1, 0.15) is 17.1 Å². The van der Waals surface area contributed by atoms with Crippen molar-refractivity contribution in [3.8, 4) is 28.7 Å². The number of nitrogen functional groups attached to an aromatic ring is 1. The molecule has 0 spiro atoms. The molecule has 4 N–H and O–H groups in total. The fraction of sp³-hybridized carbons (Fsp3) is 0.174. The molecular weight excluding hydrogens is 434 g/mol. The summed E-state index contributed by atoms with van der Waals surface area (Å²) in [6.07, 6.45) is 1.71. The van der Waals surface area contributed by atoms with Crippen LogP contribution in [-0.2, 0) is 11.3 Å². The quantitative estimate of drug-likeness (QED) is 0.376. The number of anilines is 2. The second-order valence-corrected chi connectivity index (χ2v) is 8.06. The average molecular weight is 455 g/mol. The van der Waals surface area contributed by atoms with E-state index in [0.29, 0.717) is 40.7 Å². The first-order valence-electron chi connectivity index (χ1n) is 10.3. The summed E-state index contributed by atoms with van der Waals surface area (Å²) in [7, 11) is 0. The molecule has 0 radical (unpaired) electrons. The Balaban J connectivity index is 1.57. The minimum atomic E-state index is -1.16. The van der Waals surface area contributed by atoms with Crippen molar-refractivity contribution < 1.29 is 9.90 Å². The van der Waals surface area contributed by atoms with Crippen molar-refractivity contribution in [3.05, 3.63) is 66.0 Å². The van der Waals surface area contributed by atoms with Crippen LogP contribution in [0.1, 0.15) is 25.1 Å². The zero-order valence-corrected chi connectivity index (χ0v) is 18.5. The van der Waals surface area contributed by atoms with Gasteiger partial charge in [0.05, 0.1) is 41.5 Å². The molecule has 4 rings (SSSR count). The highest BCUT2D eigenvalue weighted by Crippen LogP contribution is 2.24. The molecule has 0 saturated carbocycles. The summed E-state index contributed by atoms with van der Waals surface area (Å²) in [5.41, 5.74) is 8.22. The van der Waals surface area contributed by atoms with Crippen molar-refractivity contribution in [1.29, 1.82) is 5.26 Å². The Bertz CT molecular complexity index is 1410. The molecule has 34 heavy (non-hydrogen) atoms. The van der Waals surface area contributed by atoms with Gasteiger partial charge in [-0.3, -0.25) is 0 Å². The minimum Gasteiger partial charge on any atom is -0.480 e. The molecule has 170 valence electrons. The molecule has 3 heterocycles. The lowest BCUT2D eigenvalue weighted by Crippen LogP contribution is -2.40. The van der Waals surface area contributed by atoms with Crippen molar-refractivity contribution in [2.75, 3.05) is 11.1 Å². The Morgan fingerprint density at radius 2 is 1.88 bits per heavy atom. The highest BCUT2D eigenvalue weighted by molar-refractivity contribution is 5.81. The highest BCUT2D eigenvalue weighted by Gasteiger charge is 2.27. The molecule has 0 amide bonds. The van der Waals surface area contributed by atoms with Gasteiger partial charge in [-0.05, 0) is 44.2 Å². The summed E-state index contributed by atoms with van der Waals surface area (Å²) < 4.78 is 1.60. The van der Waals surface area contributed by atoms with Crippen molar-refractivity contribution in [2.24, 2.45) is 0 Å². The molecule has 0 aliphatic carbocycles. The van der Waals surface area contributed by atoms with Crippen LogP contribution in [0.3, 0.4) is 0 Å². The number of nitrogens with two attached hydrogens (primary N) is 1. The van der Waals surface area contributed by atoms with E-state index in [1.165, 1.54) is 0 Å². The minimum absolute atomic E-state index is 0.0749. The SMILES string of the molecule is CC(C)(Nc1cccc(Cn2cc(-c3cc(-c4cccc(C#N)c4)nc(N)n3)nn2)n1)C(=O)O. The van der Waals surface area contributed by atoms with Crippen LogP contribution in [0.2, 0.25) is 0 Å². The first kappa shape index (κ1) is 22.3. The Labute approximate surface area is 194 Å². The Kier molecular flexibility index (Phi) is 5.88. The number of nitriles is 1. The van der Waals surface area contributed by atoms with E-state index in [0.717, 1.165) is 5.56 Å². The van der Waals surface area contributed by atoms with Crippen molar-refractivity contribution in [2.45, 2.75) is 25.9 Å². The molecular formula is C23H21N9O2. The predicted molar refractivity (Wildman–Crippen MR) is 124 cm³/mol. The summed E-state index contributed by atoms with van der Waals surface area (Å²) >= 11 is 0. The number of aliphatic carboxylic acids is 1. The van der Waals surface area contributed by atoms with Crippen LogP contribution in [0.25, 0.3) is 22.6 Å². The number of aromatic nitrogens is 6. The third kappa shape index (κ3) is 4.97. The molecule has 4 aromatic rings. The molecule has 0 unspecified atom stereocenters. The monoisotopic (exact) mass is 455 g/mol. The van der Waals surface area contributed by atoms with Crippen LogP contribution in [-0.4, -0.2) is 46.6 Å². The van der Waals surface area contributed by atoms with E-state index in [1.54, 1.807) is 61.1 Å². The summed E-state index contributed by atoms with van der Waals surface area (Å²) in [6, 6.07) is 16.2. The Morgan fingerprint density at radius 3 is 2.65 bits per heavy atom. The summed E-state index contributed by atoms with van der Waals surface area (Å²) in [4.78, 5) is 24.4. The third-order valence-corrected chi connectivity index (χ3v) is 4.94. The van der Waals surface area contributed by atoms with Gasteiger partial charge in [-0.25, -0.2) is 24.4 Å². The Hall–Kier alpha value is -4.85. The molecule has 0 aliphatic heterocycles. The topological polar surface area (TPSA) is 169 Å². The lowest BCUT2D eigenvalue weighted by Gasteiger charge is -2.21. The van der Waals surface area contributed by atoms with E-state index < -0.39 is 11.5 Å². The van der Waals surface area contributed by atoms with E-state index in [-0.39, 0.29) is 5.95 Å². The number of carbonyl (C=O) groups is 1. The molecule has 0 saturated heterocycles. The van der Waals surface area contributed by atoms with E-state index in [2.05, 4.69) is 36.7 Å². The second kappa shape index (κ2) is 8.95. The number of hydrogen-bond acceptors (Lipinski definition) is 9. The van der Waals surface area contributed by atoms with Crippen molar-refractivity contribution >= 4 is 17.7 Å². The largest absolute Gasteiger partial charge is 0.480 e. The normalized spacial score (nSPS) is 11.1. The highest BCUT2D eigenvalue weighted by atomic mass is 16.4. The van der Waals surface area contributed by atoms with Crippen LogP contribution in [0.5, 0.6) is 0 Å². The number of nitrogens with one attached hydrogen (secondary N) is 1. The van der Waals surface area contributed by atoms with Crippen molar-refractivity contribution in [3.63, 3.8) is 0 Å². The first-order valence-corrected chi connectivity index (χ1v) is 10.3. The lowest BCUT2D eigenvalue weighted by molar-refractivity contribution is -0.141. The Morgan fingerprint density at radius 1 is 1.12 bits per heavy atom. The van der Waals surface area contributed by atoms with E-state index >= 15 is 0 Å². The van der Waals surface area contributed by atoms with Crippen LogP contribution in [0.4, 0.5) is 11.8 Å². The molecule has 0 aliphatic rings. The fourth-order valence-electron chi connectivity index (χ4n) is 3.16. The summed E-state index contributed by atoms with van der Waals surface area (Å²) in [6.45, 7) is 3.44. The van der Waals surface area contributed by atoms with Crippen LogP contribution < -0.4 is 11.1 Å². The molecule has 0 atom stereocenters. The van der Waals surface area contributed by atoms with Gasteiger partial charge < -0.3 is 16.2 Å². The van der Waals surface area contributed by atoms with Gasteiger partial charge in [-0.1, -0.05) is 23.4 Å². The molecule has 3 aromatic heterocycles. The van der Waals surface area contributed by atoms with Gasteiger partial charge in [0.15, 0.2) is 0 Å². The first-order chi connectivity index (χ1) is 16.2.